The predicted octanol–water partition coefficient (Wildman–Crippen LogP) is 5.01. The fourth-order valence-electron chi connectivity index (χ4n) is 4.29. The van der Waals surface area contributed by atoms with E-state index in [1.165, 1.54) is 43.6 Å². The molecule has 1 unspecified atom stereocenters. The number of aromatic nitrogens is 2. The fourth-order valence-corrected chi connectivity index (χ4v) is 4.56. The van der Waals surface area contributed by atoms with Gasteiger partial charge in [0.25, 0.3) is 5.91 Å². The van der Waals surface area contributed by atoms with E-state index in [2.05, 4.69) is 20.6 Å². The van der Waals surface area contributed by atoms with Gasteiger partial charge in [-0.05, 0) is 31.2 Å². The van der Waals surface area contributed by atoms with Gasteiger partial charge in [-0.15, -0.1) is 0 Å². The number of rotatable bonds is 7. The standard InChI is InChI=1S/C26H24ClFN4O5/c1-26(12-35-2)25(34)31-18-11-30-24-20(21(18)32-26)15(10-29-24)22(33)14-8-7-13(9-16(14)27)37-23-17(28)5-4-6-19(23)36-3/h4-11,22,32-33H,12H2,1-3H3,(H,29,30)(H,31,34)/t22?,26-/m0/s1/i3D3. The Morgan fingerprint density at radius 3 is 2.89 bits per heavy atom. The highest BCUT2D eigenvalue weighted by Gasteiger charge is 2.39. The summed E-state index contributed by atoms with van der Waals surface area (Å²) in [5.41, 5.74) is 1.13. The summed E-state index contributed by atoms with van der Waals surface area (Å²) in [4.78, 5) is 20.1. The summed E-state index contributed by atoms with van der Waals surface area (Å²) in [7, 11) is -1.32. The van der Waals surface area contributed by atoms with E-state index in [4.69, 9.17) is 29.9 Å². The molecule has 1 amide bonds. The molecule has 2 aromatic heterocycles. The van der Waals surface area contributed by atoms with E-state index in [-0.39, 0.29) is 29.0 Å². The number of carbonyl (C=O) groups excluding carboxylic acids is 1. The molecule has 1 aliphatic rings. The zero-order chi connectivity index (χ0) is 28.8. The second-order valence-electron chi connectivity index (χ2n) is 8.72. The number of hydrogen-bond donors (Lipinski definition) is 4. The number of benzene rings is 2. The van der Waals surface area contributed by atoms with Gasteiger partial charge in [-0.3, -0.25) is 4.79 Å². The van der Waals surface area contributed by atoms with Crippen molar-refractivity contribution < 1.29 is 32.6 Å². The molecule has 3 heterocycles. The third-order valence-corrected chi connectivity index (χ3v) is 6.46. The van der Waals surface area contributed by atoms with E-state index >= 15 is 0 Å². The normalized spacial score (nSPS) is 19.2. The quantitative estimate of drug-likeness (QED) is 0.266. The van der Waals surface area contributed by atoms with Crippen molar-refractivity contribution in [1.29, 1.82) is 0 Å². The first-order chi connectivity index (χ1) is 18.9. The monoisotopic (exact) mass is 529 g/mol. The van der Waals surface area contributed by atoms with Crippen LogP contribution in [0.2, 0.25) is 5.02 Å². The molecule has 0 fully saturated rings. The molecule has 192 valence electrons. The van der Waals surface area contributed by atoms with Crippen molar-refractivity contribution in [3.63, 3.8) is 0 Å². The van der Waals surface area contributed by atoms with Gasteiger partial charge in [0, 0.05) is 24.4 Å². The van der Waals surface area contributed by atoms with Crippen molar-refractivity contribution in [2.45, 2.75) is 18.6 Å². The Kier molecular flexibility index (Phi) is 5.48. The molecule has 2 atom stereocenters. The Bertz CT molecular complexity index is 1620. The van der Waals surface area contributed by atoms with Gasteiger partial charge >= 0.3 is 0 Å². The summed E-state index contributed by atoms with van der Waals surface area (Å²) in [5, 5.41) is 18.1. The molecule has 4 N–H and O–H groups in total. The lowest BCUT2D eigenvalue weighted by molar-refractivity contribution is -0.121. The maximum absolute atomic E-state index is 14.5. The number of aliphatic hydroxyl groups excluding tert-OH is 1. The van der Waals surface area contributed by atoms with Crippen molar-refractivity contribution in [2.24, 2.45) is 0 Å². The van der Waals surface area contributed by atoms with E-state index in [1.54, 1.807) is 13.1 Å². The number of pyridine rings is 1. The maximum Gasteiger partial charge on any atom is 0.252 e. The molecule has 5 rings (SSSR count). The summed E-state index contributed by atoms with van der Waals surface area (Å²) in [6.07, 6.45) is 1.86. The molecule has 0 radical (unpaired) electrons. The van der Waals surface area contributed by atoms with Crippen molar-refractivity contribution in [3.8, 4) is 17.2 Å². The average Bonchev–Trinajstić information content (AvgIpc) is 3.31. The van der Waals surface area contributed by atoms with Crippen LogP contribution in [0, 0.1) is 5.82 Å². The Labute approximate surface area is 220 Å². The number of nitrogens with zero attached hydrogens (tertiary/aromatic N) is 1. The van der Waals surface area contributed by atoms with Crippen LogP contribution in [0.5, 0.6) is 17.2 Å². The van der Waals surface area contributed by atoms with Crippen LogP contribution in [0.4, 0.5) is 15.8 Å². The Morgan fingerprint density at radius 1 is 1.30 bits per heavy atom. The van der Waals surface area contributed by atoms with Crippen LogP contribution in [0.15, 0.2) is 48.8 Å². The topological polar surface area (TPSA) is 118 Å². The number of nitrogens with one attached hydrogen (secondary N) is 3. The summed E-state index contributed by atoms with van der Waals surface area (Å²) >= 11 is 6.52. The number of fused-ring (bicyclic) bond motifs is 3. The van der Waals surface area contributed by atoms with E-state index < -0.39 is 30.2 Å². The van der Waals surface area contributed by atoms with E-state index in [9.17, 15) is 14.3 Å². The molecule has 1 aliphatic heterocycles. The third kappa shape index (κ3) is 4.33. The molecule has 0 aliphatic carbocycles. The first kappa shape index (κ1) is 21.2. The second kappa shape index (κ2) is 9.55. The largest absolute Gasteiger partial charge is 0.493 e. The van der Waals surface area contributed by atoms with Gasteiger partial charge in [-0.1, -0.05) is 23.7 Å². The van der Waals surface area contributed by atoms with E-state index in [0.717, 1.165) is 6.07 Å². The van der Waals surface area contributed by atoms with Crippen LogP contribution in [0.1, 0.15) is 28.3 Å². The highest BCUT2D eigenvalue weighted by atomic mass is 35.5. The number of methoxy groups -OCH3 is 2. The number of aliphatic hydroxyl groups is 1. The van der Waals surface area contributed by atoms with Crippen molar-refractivity contribution in [1.82, 2.24) is 9.97 Å². The van der Waals surface area contributed by atoms with Crippen LogP contribution < -0.4 is 20.1 Å². The van der Waals surface area contributed by atoms with Gasteiger partial charge in [0.15, 0.2) is 11.6 Å². The van der Waals surface area contributed by atoms with Gasteiger partial charge in [0.05, 0.1) is 45.7 Å². The second-order valence-corrected chi connectivity index (χ2v) is 9.12. The number of aromatic amines is 1. The number of H-pyrrole nitrogens is 1. The molecule has 0 bridgehead atoms. The Balaban J connectivity index is 1.48. The molecule has 4 aromatic rings. The highest BCUT2D eigenvalue weighted by molar-refractivity contribution is 6.31. The summed E-state index contributed by atoms with van der Waals surface area (Å²) in [5.74, 6) is -1.78. The molecule has 2 aromatic carbocycles. The van der Waals surface area contributed by atoms with Gasteiger partial charge in [-0.2, -0.15) is 0 Å². The number of anilines is 2. The Morgan fingerprint density at radius 2 is 2.14 bits per heavy atom. The molecular weight excluding hydrogens is 503 g/mol. The molecule has 11 heteroatoms. The number of carbonyl (C=O) groups is 1. The van der Waals surface area contributed by atoms with Gasteiger partial charge < -0.3 is 34.9 Å². The van der Waals surface area contributed by atoms with E-state index in [1.807, 2.05) is 0 Å². The molecule has 9 nitrogen and oxygen atoms in total. The van der Waals surface area contributed by atoms with Crippen LogP contribution >= 0.6 is 11.6 Å². The zero-order valence-corrected chi connectivity index (χ0v) is 20.4. The summed E-state index contributed by atoms with van der Waals surface area (Å²) in [6, 6.07) is 7.97. The molecular formula is C26H24ClFN4O5. The fraction of sp³-hybridized carbons (Fsp3) is 0.231. The minimum atomic E-state index is -2.82. The third-order valence-electron chi connectivity index (χ3n) is 6.14. The number of amides is 1. The van der Waals surface area contributed by atoms with Crippen LogP contribution in [-0.2, 0) is 9.53 Å². The molecule has 0 saturated heterocycles. The lowest BCUT2D eigenvalue weighted by atomic mass is 9.95. The minimum absolute atomic E-state index is 0.0825. The van der Waals surface area contributed by atoms with Crippen LogP contribution in [-0.4, -0.2) is 47.3 Å². The minimum Gasteiger partial charge on any atom is -0.493 e. The summed E-state index contributed by atoms with van der Waals surface area (Å²) < 4.78 is 52.1. The van der Waals surface area contributed by atoms with E-state index in [0.29, 0.717) is 33.5 Å². The average molecular weight is 530 g/mol. The number of halogens is 2. The van der Waals surface area contributed by atoms with Crippen LogP contribution in [0.25, 0.3) is 11.0 Å². The van der Waals surface area contributed by atoms with Gasteiger partial charge in [0.1, 0.15) is 23.0 Å². The van der Waals surface area contributed by atoms with Crippen molar-refractivity contribution in [3.05, 3.63) is 70.8 Å². The number of para-hydroxylation sites is 1. The maximum atomic E-state index is 14.5. The molecule has 37 heavy (non-hydrogen) atoms. The first-order valence-corrected chi connectivity index (χ1v) is 11.5. The Hall–Kier alpha value is -3.86. The number of ether oxygens (including phenoxy) is 3. The summed E-state index contributed by atoms with van der Waals surface area (Å²) in [6.45, 7) is 1.79. The van der Waals surface area contributed by atoms with Crippen molar-refractivity contribution >= 4 is 39.9 Å². The molecule has 0 saturated carbocycles. The van der Waals surface area contributed by atoms with Gasteiger partial charge in [-0.25, -0.2) is 9.37 Å². The highest BCUT2D eigenvalue weighted by Crippen LogP contribution is 2.42. The molecule has 0 spiro atoms. The first-order valence-electron chi connectivity index (χ1n) is 12.6. The predicted molar refractivity (Wildman–Crippen MR) is 137 cm³/mol. The lowest BCUT2D eigenvalue weighted by Gasteiger charge is -2.35. The zero-order valence-electron chi connectivity index (χ0n) is 22.7. The lowest BCUT2D eigenvalue weighted by Crippen LogP contribution is -2.53. The SMILES string of the molecule is [2H]C([2H])([2H])Oc1cccc(F)c1Oc1ccc(C(O)c2c[nH]c3ncc4c(c23)N[C@@](C)(COC)C(=O)N4)c(Cl)c1. The van der Waals surface area contributed by atoms with Crippen molar-refractivity contribution in [2.75, 3.05) is 31.4 Å². The van der Waals surface area contributed by atoms with Crippen LogP contribution in [0.3, 0.4) is 0 Å². The number of hydrogen-bond acceptors (Lipinski definition) is 7. The smallest absolute Gasteiger partial charge is 0.252 e. The van der Waals surface area contributed by atoms with Gasteiger partial charge in [0.2, 0.25) is 5.75 Å².